The summed E-state index contributed by atoms with van der Waals surface area (Å²) >= 11 is 0. The van der Waals surface area contributed by atoms with E-state index in [9.17, 15) is 9.59 Å². The van der Waals surface area contributed by atoms with Crippen LogP contribution in [0.5, 0.6) is 0 Å². The van der Waals surface area contributed by atoms with Gasteiger partial charge in [0.1, 0.15) is 5.78 Å². The van der Waals surface area contributed by atoms with Crippen molar-refractivity contribution >= 4 is 11.7 Å². The number of ketones is 1. The molecule has 16 heavy (non-hydrogen) atoms. The van der Waals surface area contributed by atoms with Crippen molar-refractivity contribution in [2.24, 2.45) is 5.92 Å². The highest BCUT2D eigenvalue weighted by Gasteiger charge is 2.04. The summed E-state index contributed by atoms with van der Waals surface area (Å²) in [5, 5.41) is 2.90. The Morgan fingerprint density at radius 2 is 1.56 bits per heavy atom. The van der Waals surface area contributed by atoms with Crippen LogP contribution in [0, 0.1) is 5.92 Å². The zero-order valence-corrected chi connectivity index (χ0v) is 10.8. The van der Waals surface area contributed by atoms with Crippen LogP contribution in [0.25, 0.3) is 0 Å². The predicted octanol–water partition coefficient (Wildman–Crippen LogP) is 2.69. The van der Waals surface area contributed by atoms with Gasteiger partial charge in [-0.25, -0.2) is 0 Å². The van der Waals surface area contributed by atoms with Crippen molar-refractivity contribution < 1.29 is 9.59 Å². The van der Waals surface area contributed by atoms with Gasteiger partial charge in [-0.15, -0.1) is 0 Å². The van der Waals surface area contributed by atoms with E-state index in [0.29, 0.717) is 6.42 Å². The monoisotopic (exact) mass is 227 g/mol. The topological polar surface area (TPSA) is 46.2 Å². The van der Waals surface area contributed by atoms with E-state index < -0.39 is 0 Å². The van der Waals surface area contributed by atoms with Crippen molar-refractivity contribution in [3.8, 4) is 0 Å². The molecule has 0 bridgehead atoms. The molecule has 0 heterocycles. The second-order valence-electron chi connectivity index (χ2n) is 4.67. The van der Waals surface area contributed by atoms with Crippen molar-refractivity contribution in [2.45, 2.75) is 59.3 Å². The van der Waals surface area contributed by atoms with Gasteiger partial charge in [-0.2, -0.15) is 0 Å². The van der Waals surface area contributed by atoms with Crippen LogP contribution in [-0.2, 0) is 9.59 Å². The molecule has 0 rings (SSSR count). The van der Waals surface area contributed by atoms with E-state index in [4.69, 9.17) is 0 Å². The van der Waals surface area contributed by atoms with E-state index in [0.717, 1.165) is 38.6 Å². The number of hydrogen-bond acceptors (Lipinski definition) is 2. The third-order valence-electron chi connectivity index (χ3n) is 2.53. The Morgan fingerprint density at radius 3 is 2.12 bits per heavy atom. The summed E-state index contributed by atoms with van der Waals surface area (Å²) in [6.07, 6.45) is 6.18. The largest absolute Gasteiger partial charge is 0.356 e. The third kappa shape index (κ3) is 9.69. The molecule has 0 aliphatic rings. The number of hydrogen-bond donors (Lipinski definition) is 1. The van der Waals surface area contributed by atoms with E-state index in [1.54, 1.807) is 6.92 Å². The maximum atomic E-state index is 11.2. The molecule has 0 aromatic heterocycles. The fourth-order valence-electron chi connectivity index (χ4n) is 1.44. The van der Waals surface area contributed by atoms with Crippen molar-refractivity contribution in [2.75, 3.05) is 6.54 Å². The number of rotatable bonds is 9. The fourth-order valence-corrected chi connectivity index (χ4v) is 1.44. The van der Waals surface area contributed by atoms with Gasteiger partial charge < -0.3 is 10.1 Å². The van der Waals surface area contributed by atoms with Crippen molar-refractivity contribution in [1.29, 1.82) is 0 Å². The summed E-state index contributed by atoms with van der Waals surface area (Å²) in [6.45, 7) is 6.22. The van der Waals surface area contributed by atoms with Gasteiger partial charge in [0.25, 0.3) is 0 Å². The molecule has 0 radical (unpaired) electrons. The Morgan fingerprint density at radius 1 is 1.00 bits per heavy atom. The van der Waals surface area contributed by atoms with E-state index in [1.165, 1.54) is 0 Å². The first kappa shape index (κ1) is 15.1. The molecule has 0 saturated carbocycles. The Labute approximate surface area is 99.0 Å². The van der Waals surface area contributed by atoms with E-state index in [2.05, 4.69) is 5.32 Å². The van der Waals surface area contributed by atoms with Gasteiger partial charge in [0.15, 0.2) is 0 Å². The maximum Gasteiger partial charge on any atom is 0.222 e. The van der Waals surface area contributed by atoms with Crippen LogP contribution >= 0.6 is 0 Å². The van der Waals surface area contributed by atoms with Crippen molar-refractivity contribution in [3.05, 3.63) is 0 Å². The van der Waals surface area contributed by atoms with E-state index in [1.807, 2.05) is 13.8 Å². The van der Waals surface area contributed by atoms with Gasteiger partial charge in [0, 0.05) is 18.9 Å². The van der Waals surface area contributed by atoms with Gasteiger partial charge in [0.05, 0.1) is 0 Å². The molecule has 0 aliphatic carbocycles. The molecule has 0 saturated heterocycles. The van der Waals surface area contributed by atoms with Gasteiger partial charge in [-0.1, -0.05) is 33.1 Å². The minimum Gasteiger partial charge on any atom is -0.356 e. The lowest BCUT2D eigenvalue weighted by molar-refractivity contribution is -0.124. The first-order valence-corrected chi connectivity index (χ1v) is 6.31. The highest BCUT2D eigenvalue weighted by atomic mass is 16.1. The van der Waals surface area contributed by atoms with Gasteiger partial charge in [-0.05, 0) is 19.8 Å². The zero-order chi connectivity index (χ0) is 12.4. The number of amides is 1. The standard InChI is InChI=1S/C13H25NO2/c1-11(2)13(16)14-10-8-6-4-5-7-9-12(3)15/h11H,4-10H2,1-3H3,(H,14,16). The number of nitrogens with one attached hydrogen (secondary N) is 1. The van der Waals surface area contributed by atoms with Crippen LogP contribution < -0.4 is 5.32 Å². The maximum absolute atomic E-state index is 11.2. The van der Waals surface area contributed by atoms with Crippen LogP contribution in [0.1, 0.15) is 59.3 Å². The lowest BCUT2D eigenvalue weighted by atomic mass is 10.1. The quantitative estimate of drug-likeness (QED) is 0.616. The minimum absolute atomic E-state index is 0.0792. The Balaban J connectivity index is 3.16. The summed E-state index contributed by atoms with van der Waals surface area (Å²) in [6, 6.07) is 0. The lowest BCUT2D eigenvalue weighted by Crippen LogP contribution is -2.28. The average Bonchev–Trinajstić information content (AvgIpc) is 2.21. The molecule has 0 aromatic rings. The number of Topliss-reactive ketones (excluding diaryl/α,β-unsaturated/α-hetero) is 1. The summed E-state index contributed by atoms with van der Waals surface area (Å²) in [5.74, 6) is 0.497. The molecular weight excluding hydrogens is 202 g/mol. The molecule has 3 nitrogen and oxygen atoms in total. The summed E-state index contributed by atoms with van der Waals surface area (Å²) in [4.78, 5) is 21.9. The first-order chi connectivity index (χ1) is 7.54. The third-order valence-corrected chi connectivity index (χ3v) is 2.53. The molecule has 94 valence electrons. The molecular formula is C13H25NO2. The number of unbranched alkanes of at least 4 members (excludes halogenated alkanes) is 4. The molecule has 0 unspecified atom stereocenters. The molecule has 0 spiro atoms. The minimum atomic E-state index is 0.0792. The highest BCUT2D eigenvalue weighted by Crippen LogP contribution is 2.05. The normalized spacial score (nSPS) is 10.5. The molecule has 3 heteroatoms. The van der Waals surface area contributed by atoms with Gasteiger partial charge >= 0.3 is 0 Å². The van der Waals surface area contributed by atoms with Crippen molar-refractivity contribution in [3.63, 3.8) is 0 Å². The lowest BCUT2D eigenvalue weighted by Gasteiger charge is -2.07. The highest BCUT2D eigenvalue weighted by molar-refractivity contribution is 5.77. The number of carbonyl (C=O) groups excluding carboxylic acids is 2. The van der Waals surface area contributed by atoms with Crippen molar-refractivity contribution in [1.82, 2.24) is 5.32 Å². The second-order valence-corrected chi connectivity index (χ2v) is 4.67. The van der Waals surface area contributed by atoms with E-state index >= 15 is 0 Å². The van der Waals surface area contributed by atoms with Gasteiger partial charge in [0.2, 0.25) is 5.91 Å². The van der Waals surface area contributed by atoms with Crippen LogP contribution in [0.2, 0.25) is 0 Å². The van der Waals surface area contributed by atoms with Crippen LogP contribution in [0.3, 0.4) is 0 Å². The fraction of sp³-hybridized carbons (Fsp3) is 0.846. The number of carbonyl (C=O) groups is 2. The predicted molar refractivity (Wildman–Crippen MR) is 66.2 cm³/mol. The second kappa shape index (κ2) is 9.37. The Bertz CT molecular complexity index is 212. The molecule has 0 aliphatic heterocycles. The van der Waals surface area contributed by atoms with Crippen LogP contribution in [-0.4, -0.2) is 18.2 Å². The summed E-state index contributed by atoms with van der Waals surface area (Å²) in [7, 11) is 0. The van der Waals surface area contributed by atoms with Crippen LogP contribution in [0.4, 0.5) is 0 Å². The average molecular weight is 227 g/mol. The Kier molecular flexibility index (Phi) is 8.87. The zero-order valence-electron chi connectivity index (χ0n) is 10.8. The Hall–Kier alpha value is -0.860. The van der Waals surface area contributed by atoms with E-state index in [-0.39, 0.29) is 17.6 Å². The first-order valence-electron chi connectivity index (χ1n) is 6.31. The molecule has 0 aromatic carbocycles. The molecule has 0 atom stereocenters. The molecule has 0 fully saturated rings. The van der Waals surface area contributed by atoms with Crippen LogP contribution in [0.15, 0.2) is 0 Å². The summed E-state index contributed by atoms with van der Waals surface area (Å²) in [5.41, 5.74) is 0. The van der Waals surface area contributed by atoms with Gasteiger partial charge in [-0.3, -0.25) is 4.79 Å². The SMILES string of the molecule is CC(=O)CCCCCCCNC(=O)C(C)C. The molecule has 1 N–H and O–H groups in total. The molecule has 1 amide bonds. The summed E-state index contributed by atoms with van der Waals surface area (Å²) < 4.78 is 0. The smallest absolute Gasteiger partial charge is 0.222 e.